The Morgan fingerprint density at radius 2 is 1.78 bits per heavy atom. The maximum Gasteiger partial charge on any atom is 0.328 e. The van der Waals surface area contributed by atoms with Gasteiger partial charge in [-0.1, -0.05) is 32.6 Å². The minimum absolute atomic E-state index is 0.197. The first-order valence-electron chi connectivity index (χ1n) is 7.78. The summed E-state index contributed by atoms with van der Waals surface area (Å²) in [7, 11) is 1.26. The molecule has 6 heteroatoms. The molecule has 1 rings (SSSR count). The molecule has 0 heterocycles. The first-order valence-corrected chi connectivity index (χ1v) is 7.78. The Morgan fingerprint density at radius 1 is 1.13 bits per heavy atom. The fourth-order valence-corrected chi connectivity index (χ4v) is 2.31. The monoisotopic (exact) mass is 327 g/mol. The molecule has 0 saturated carbocycles. The number of methoxy groups -OCH3 is 1. The molecule has 0 aliphatic carbocycles. The van der Waals surface area contributed by atoms with Crippen LogP contribution in [0, 0.1) is 11.6 Å². The molecule has 0 aromatic heterocycles. The second-order valence-corrected chi connectivity index (χ2v) is 5.45. The van der Waals surface area contributed by atoms with Crippen molar-refractivity contribution in [3.8, 4) is 0 Å². The number of amides is 1. The van der Waals surface area contributed by atoms with Crippen LogP contribution in [0.3, 0.4) is 0 Å². The zero-order valence-corrected chi connectivity index (χ0v) is 13.5. The van der Waals surface area contributed by atoms with E-state index in [1.807, 2.05) is 0 Å². The molecule has 0 aliphatic rings. The van der Waals surface area contributed by atoms with Gasteiger partial charge in [-0.05, 0) is 24.1 Å². The predicted octanol–water partition coefficient (Wildman–Crippen LogP) is 3.14. The van der Waals surface area contributed by atoms with Crippen molar-refractivity contribution in [2.24, 2.45) is 0 Å². The van der Waals surface area contributed by atoms with Gasteiger partial charge in [-0.2, -0.15) is 0 Å². The van der Waals surface area contributed by atoms with Crippen molar-refractivity contribution in [1.29, 1.82) is 0 Å². The number of unbranched alkanes of at least 4 members (excludes halogenated alkanes) is 3. The summed E-state index contributed by atoms with van der Waals surface area (Å²) >= 11 is 0. The van der Waals surface area contributed by atoms with Gasteiger partial charge in [-0.15, -0.1) is 0 Å². The van der Waals surface area contributed by atoms with E-state index in [1.54, 1.807) is 0 Å². The standard InChI is InChI=1S/C17H23F2NO3/c1-3-4-5-6-7-15(17(22)23-2)20-16(21)10-12-8-13(18)11-14(19)9-12/h8-9,11,15H,3-7,10H2,1-2H3,(H,20,21)/t15-/m0/s1. The van der Waals surface area contributed by atoms with Gasteiger partial charge in [0.15, 0.2) is 0 Å². The summed E-state index contributed by atoms with van der Waals surface area (Å²) < 4.78 is 30.9. The van der Waals surface area contributed by atoms with Crippen LogP contribution in [0.2, 0.25) is 0 Å². The zero-order valence-electron chi connectivity index (χ0n) is 13.5. The number of carbonyl (C=O) groups is 2. The number of hydrogen-bond donors (Lipinski definition) is 1. The van der Waals surface area contributed by atoms with Crippen LogP contribution < -0.4 is 5.32 Å². The van der Waals surface area contributed by atoms with Gasteiger partial charge < -0.3 is 10.1 Å². The van der Waals surface area contributed by atoms with Gasteiger partial charge in [0.2, 0.25) is 5.91 Å². The van der Waals surface area contributed by atoms with Gasteiger partial charge in [0.1, 0.15) is 17.7 Å². The van der Waals surface area contributed by atoms with E-state index < -0.39 is 29.6 Å². The Bertz CT molecular complexity index is 514. The highest BCUT2D eigenvalue weighted by molar-refractivity contribution is 5.85. The molecule has 1 amide bonds. The summed E-state index contributed by atoms with van der Waals surface area (Å²) in [6.07, 6.45) is 4.18. The molecule has 4 nitrogen and oxygen atoms in total. The molecule has 0 unspecified atom stereocenters. The van der Waals surface area contributed by atoms with Crippen molar-refractivity contribution in [2.45, 2.75) is 51.5 Å². The van der Waals surface area contributed by atoms with Crippen LogP contribution in [0.4, 0.5) is 8.78 Å². The lowest BCUT2D eigenvalue weighted by Gasteiger charge is -2.16. The average molecular weight is 327 g/mol. The van der Waals surface area contributed by atoms with E-state index in [4.69, 9.17) is 0 Å². The van der Waals surface area contributed by atoms with Crippen molar-refractivity contribution in [3.63, 3.8) is 0 Å². The maximum atomic E-state index is 13.1. The summed E-state index contributed by atoms with van der Waals surface area (Å²) in [5.41, 5.74) is 0.217. The van der Waals surface area contributed by atoms with Crippen LogP contribution in [0.25, 0.3) is 0 Å². The van der Waals surface area contributed by atoms with E-state index in [-0.39, 0.29) is 12.0 Å². The van der Waals surface area contributed by atoms with E-state index in [9.17, 15) is 18.4 Å². The molecule has 0 saturated heterocycles. The van der Waals surface area contributed by atoms with Crippen LogP contribution >= 0.6 is 0 Å². The van der Waals surface area contributed by atoms with E-state index in [1.165, 1.54) is 7.11 Å². The number of esters is 1. The highest BCUT2D eigenvalue weighted by Crippen LogP contribution is 2.10. The lowest BCUT2D eigenvalue weighted by molar-refractivity contribution is -0.145. The number of ether oxygens (including phenoxy) is 1. The van der Waals surface area contributed by atoms with Crippen LogP contribution in [0.1, 0.15) is 44.6 Å². The van der Waals surface area contributed by atoms with Crippen molar-refractivity contribution in [2.75, 3.05) is 7.11 Å². The van der Waals surface area contributed by atoms with Gasteiger partial charge in [-0.25, -0.2) is 13.6 Å². The first-order chi connectivity index (χ1) is 11.0. The summed E-state index contributed by atoms with van der Waals surface area (Å²) in [5.74, 6) is -2.46. The molecule has 0 fully saturated rings. The molecule has 0 aliphatic heterocycles. The van der Waals surface area contributed by atoms with Gasteiger partial charge in [0.05, 0.1) is 13.5 Å². The molecule has 23 heavy (non-hydrogen) atoms. The number of carbonyl (C=O) groups excluding carboxylic acids is 2. The Morgan fingerprint density at radius 3 is 2.35 bits per heavy atom. The fourth-order valence-electron chi connectivity index (χ4n) is 2.31. The molecule has 0 radical (unpaired) electrons. The van der Waals surface area contributed by atoms with Crippen molar-refractivity contribution in [1.82, 2.24) is 5.32 Å². The Kier molecular flexibility index (Phi) is 8.22. The van der Waals surface area contributed by atoms with Crippen LogP contribution in [-0.4, -0.2) is 25.0 Å². The second kappa shape index (κ2) is 9.92. The summed E-state index contributed by atoms with van der Waals surface area (Å²) in [5, 5.41) is 2.57. The van der Waals surface area contributed by atoms with E-state index in [2.05, 4.69) is 17.0 Å². The van der Waals surface area contributed by atoms with Crippen LogP contribution in [0.5, 0.6) is 0 Å². The summed E-state index contributed by atoms with van der Waals surface area (Å²) in [6.45, 7) is 2.08. The van der Waals surface area contributed by atoms with Gasteiger partial charge in [0, 0.05) is 6.07 Å². The average Bonchev–Trinajstić information content (AvgIpc) is 2.48. The fraction of sp³-hybridized carbons (Fsp3) is 0.529. The minimum Gasteiger partial charge on any atom is -0.467 e. The zero-order chi connectivity index (χ0) is 17.2. The highest BCUT2D eigenvalue weighted by Gasteiger charge is 2.21. The Balaban J connectivity index is 2.59. The topological polar surface area (TPSA) is 55.4 Å². The molecular weight excluding hydrogens is 304 g/mol. The molecule has 128 valence electrons. The number of benzene rings is 1. The third kappa shape index (κ3) is 7.21. The first kappa shape index (κ1) is 19.1. The highest BCUT2D eigenvalue weighted by atomic mass is 19.1. The molecular formula is C17H23F2NO3. The molecule has 1 aromatic carbocycles. The number of halogens is 2. The number of nitrogens with one attached hydrogen (secondary N) is 1. The molecule has 0 bridgehead atoms. The largest absolute Gasteiger partial charge is 0.467 e. The molecule has 1 atom stereocenters. The molecule has 1 aromatic rings. The van der Waals surface area contributed by atoms with Gasteiger partial charge >= 0.3 is 5.97 Å². The van der Waals surface area contributed by atoms with E-state index in [0.29, 0.717) is 6.42 Å². The third-order valence-corrected chi connectivity index (χ3v) is 3.45. The SMILES string of the molecule is CCCCCC[C@H](NC(=O)Cc1cc(F)cc(F)c1)C(=O)OC. The maximum absolute atomic E-state index is 13.1. The van der Waals surface area contributed by atoms with Gasteiger partial charge in [-0.3, -0.25) is 4.79 Å². The quantitative estimate of drug-likeness (QED) is 0.560. The van der Waals surface area contributed by atoms with Crippen molar-refractivity contribution < 1.29 is 23.1 Å². The van der Waals surface area contributed by atoms with Gasteiger partial charge in [0.25, 0.3) is 0 Å². The summed E-state index contributed by atoms with van der Waals surface area (Å²) in [4.78, 5) is 23.7. The predicted molar refractivity (Wildman–Crippen MR) is 82.8 cm³/mol. The van der Waals surface area contributed by atoms with Crippen LogP contribution in [-0.2, 0) is 20.7 Å². The van der Waals surface area contributed by atoms with E-state index >= 15 is 0 Å². The normalized spacial score (nSPS) is 11.8. The Labute approximate surface area is 135 Å². The number of hydrogen-bond acceptors (Lipinski definition) is 3. The lowest BCUT2D eigenvalue weighted by atomic mass is 10.1. The Hall–Kier alpha value is -1.98. The lowest BCUT2D eigenvalue weighted by Crippen LogP contribution is -2.42. The molecule has 1 N–H and O–H groups in total. The van der Waals surface area contributed by atoms with E-state index in [0.717, 1.165) is 43.9 Å². The third-order valence-electron chi connectivity index (χ3n) is 3.45. The number of rotatable bonds is 9. The second-order valence-electron chi connectivity index (χ2n) is 5.45. The minimum atomic E-state index is -0.739. The van der Waals surface area contributed by atoms with Crippen molar-refractivity contribution in [3.05, 3.63) is 35.4 Å². The smallest absolute Gasteiger partial charge is 0.328 e. The summed E-state index contributed by atoms with van der Waals surface area (Å²) in [6, 6.07) is 2.20. The van der Waals surface area contributed by atoms with Crippen molar-refractivity contribution >= 4 is 11.9 Å². The van der Waals surface area contributed by atoms with Crippen LogP contribution in [0.15, 0.2) is 18.2 Å². The molecule has 0 spiro atoms.